The van der Waals surface area contributed by atoms with Crippen LogP contribution >= 0.6 is 0 Å². The van der Waals surface area contributed by atoms with Crippen molar-refractivity contribution in [3.05, 3.63) is 29.8 Å². The van der Waals surface area contributed by atoms with Crippen molar-refractivity contribution in [1.82, 2.24) is 5.32 Å². The van der Waals surface area contributed by atoms with Gasteiger partial charge in [-0.15, -0.1) is 0 Å². The molecule has 5 heteroatoms. The van der Waals surface area contributed by atoms with E-state index in [4.69, 9.17) is 15.2 Å². The largest absolute Gasteiger partial charge is 0.489 e. The van der Waals surface area contributed by atoms with Gasteiger partial charge in [0.2, 0.25) is 5.91 Å². The van der Waals surface area contributed by atoms with Crippen molar-refractivity contribution < 1.29 is 14.3 Å². The quantitative estimate of drug-likeness (QED) is 0.860. The lowest BCUT2D eigenvalue weighted by Gasteiger charge is -2.32. The van der Waals surface area contributed by atoms with Gasteiger partial charge in [0.15, 0.2) is 0 Å². The van der Waals surface area contributed by atoms with Crippen LogP contribution in [0.25, 0.3) is 0 Å². The molecule has 116 valence electrons. The minimum Gasteiger partial charge on any atom is -0.489 e. The van der Waals surface area contributed by atoms with Gasteiger partial charge in [0.1, 0.15) is 11.9 Å². The summed E-state index contributed by atoms with van der Waals surface area (Å²) in [5, 5.41) is 2.88. The highest BCUT2D eigenvalue weighted by Gasteiger charge is 2.35. The first-order valence-corrected chi connectivity index (χ1v) is 7.38. The van der Waals surface area contributed by atoms with E-state index in [-0.39, 0.29) is 12.0 Å². The number of benzene rings is 1. The van der Waals surface area contributed by atoms with Crippen molar-refractivity contribution in [2.75, 3.05) is 19.8 Å². The number of amides is 1. The third-order valence-electron chi connectivity index (χ3n) is 3.75. The number of aryl methyl sites for hydroxylation is 1. The summed E-state index contributed by atoms with van der Waals surface area (Å²) in [6.45, 7) is 5.47. The number of rotatable bonds is 5. The molecule has 1 aromatic rings. The van der Waals surface area contributed by atoms with Crippen LogP contribution in [0, 0.1) is 6.92 Å². The van der Waals surface area contributed by atoms with Crippen molar-refractivity contribution >= 4 is 5.91 Å². The van der Waals surface area contributed by atoms with Crippen LogP contribution in [0.3, 0.4) is 0 Å². The van der Waals surface area contributed by atoms with E-state index in [0.29, 0.717) is 32.6 Å². The van der Waals surface area contributed by atoms with Crippen LogP contribution in [0.2, 0.25) is 0 Å². The number of hydrogen-bond donors (Lipinski definition) is 2. The molecule has 0 radical (unpaired) electrons. The fraction of sp³-hybridized carbons (Fsp3) is 0.562. The van der Waals surface area contributed by atoms with Crippen molar-refractivity contribution in [2.24, 2.45) is 5.73 Å². The standard InChI is InChI=1S/C16H24N2O3/c1-12-3-5-14(6-4-12)21-13(2)11-18-15(19)16(17)7-9-20-10-8-16/h3-6,13H,7-11,17H2,1-2H3,(H,18,19). The molecule has 21 heavy (non-hydrogen) atoms. The summed E-state index contributed by atoms with van der Waals surface area (Å²) < 4.78 is 11.0. The average Bonchev–Trinajstić information content (AvgIpc) is 2.48. The Morgan fingerprint density at radius 3 is 2.62 bits per heavy atom. The zero-order chi connectivity index (χ0) is 15.3. The van der Waals surface area contributed by atoms with Crippen LogP contribution in [-0.4, -0.2) is 37.3 Å². The van der Waals surface area contributed by atoms with Crippen molar-refractivity contribution in [2.45, 2.75) is 38.3 Å². The number of hydrogen-bond acceptors (Lipinski definition) is 4. The van der Waals surface area contributed by atoms with Gasteiger partial charge in [-0.1, -0.05) is 17.7 Å². The highest BCUT2D eigenvalue weighted by Crippen LogP contribution is 2.18. The van der Waals surface area contributed by atoms with Gasteiger partial charge < -0.3 is 20.5 Å². The van der Waals surface area contributed by atoms with E-state index >= 15 is 0 Å². The van der Waals surface area contributed by atoms with Gasteiger partial charge in [-0.25, -0.2) is 0 Å². The molecule has 1 aromatic carbocycles. The highest BCUT2D eigenvalue weighted by molar-refractivity contribution is 5.86. The molecule has 0 bridgehead atoms. The van der Waals surface area contributed by atoms with E-state index in [2.05, 4.69) is 5.32 Å². The topological polar surface area (TPSA) is 73.6 Å². The molecular formula is C16H24N2O3. The average molecular weight is 292 g/mol. The second-order valence-corrected chi connectivity index (χ2v) is 5.72. The molecular weight excluding hydrogens is 268 g/mol. The maximum atomic E-state index is 12.2. The Kier molecular flexibility index (Phi) is 5.20. The second kappa shape index (κ2) is 6.91. The van der Waals surface area contributed by atoms with Crippen LogP contribution in [0.5, 0.6) is 5.75 Å². The number of carbonyl (C=O) groups is 1. The molecule has 1 aliphatic heterocycles. The molecule has 1 amide bonds. The van der Waals surface area contributed by atoms with Gasteiger partial charge >= 0.3 is 0 Å². The second-order valence-electron chi connectivity index (χ2n) is 5.72. The number of ether oxygens (including phenoxy) is 2. The third-order valence-corrected chi connectivity index (χ3v) is 3.75. The van der Waals surface area contributed by atoms with E-state index in [1.54, 1.807) is 0 Å². The Balaban J connectivity index is 1.79. The lowest BCUT2D eigenvalue weighted by molar-refractivity contribution is -0.130. The van der Waals surface area contributed by atoms with Crippen LogP contribution in [0.15, 0.2) is 24.3 Å². The van der Waals surface area contributed by atoms with E-state index in [0.717, 1.165) is 5.75 Å². The maximum absolute atomic E-state index is 12.2. The lowest BCUT2D eigenvalue weighted by atomic mass is 9.90. The van der Waals surface area contributed by atoms with E-state index in [1.165, 1.54) is 5.56 Å². The van der Waals surface area contributed by atoms with Crippen LogP contribution in [0.4, 0.5) is 0 Å². The fourth-order valence-electron chi connectivity index (χ4n) is 2.27. The predicted octanol–water partition coefficient (Wildman–Crippen LogP) is 1.39. The van der Waals surface area contributed by atoms with Gasteiger partial charge in [0.25, 0.3) is 0 Å². The fourth-order valence-corrected chi connectivity index (χ4v) is 2.27. The normalized spacial score (nSPS) is 18.8. The van der Waals surface area contributed by atoms with E-state index < -0.39 is 5.54 Å². The van der Waals surface area contributed by atoms with Crippen LogP contribution < -0.4 is 15.8 Å². The highest BCUT2D eigenvalue weighted by atomic mass is 16.5. The third kappa shape index (κ3) is 4.44. The molecule has 2 rings (SSSR count). The Morgan fingerprint density at radius 2 is 2.00 bits per heavy atom. The van der Waals surface area contributed by atoms with Gasteiger partial charge in [-0.3, -0.25) is 4.79 Å². The maximum Gasteiger partial charge on any atom is 0.240 e. The Hall–Kier alpha value is -1.59. The summed E-state index contributed by atoms with van der Waals surface area (Å²) in [6, 6.07) is 7.85. The van der Waals surface area contributed by atoms with Gasteiger partial charge in [-0.2, -0.15) is 0 Å². The summed E-state index contributed by atoms with van der Waals surface area (Å²) in [5.74, 6) is 0.682. The molecule has 1 unspecified atom stereocenters. The Labute approximate surface area is 125 Å². The Bertz CT molecular complexity index is 467. The first kappa shape index (κ1) is 15.8. The van der Waals surface area contributed by atoms with Gasteiger partial charge in [0, 0.05) is 13.2 Å². The summed E-state index contributed by atoms with van der Waals surface area (Å²) in [4.78, 5) is 12.2. The molecule has 1 fully saturated rings. The molecule has 1 aliphatic rings. The lowest BCUT2D eigenvalue weighted by Crippen LogP contribution is -2.57. The van der Waals surface area contributed by atoms with Gasteiger partial charge in [0.05, 0.1) is 12.1 Å². The molecule has 1 saturated heterocycles. The first-order chi connectivity index (χ1) is 9.99. The van der Waals surface area contributed by atoms with Crippen molar-refractivity contribution in [3.63, 3.8) is 0 Å². The summed E-state index contributed by atoms with van der Waals surface area (Å²) in [7, 11) is 0. The smallest absolute Gasteiger partial charge is 0.240 e. The molecule has 1 atom stereocenters. The molecule has 1 heterocycles. The SMILES string of the molecule is Cc1ccc(OC(C)CNC(=O)C2(N)CCOCC2)cc1. The minimum absolute atomic E-state index is 0.111. The molecule has 0 saturated carbocycles. The zero-order valence-corrected chi connectivity index (χ0v) is 12.7. The van der Waals surface area contributed by atoms with Gasteiger partial charge in [-0.05, 0) is 38.8 Å². The molecule has 0 aromatic heterocycles. The number of nitrogens with one attached hydrogen (secondary N) is 1. The molecule has 3 N–H and O–H groups in total. The summed E-state index contributed by atoms with van der Waals surface area (Å²) in [5.41, 5.74) is 6.51. The minimum atomic E-state index is -0.804. The summed E-state index contributed by atoms with van der Waals surface area (Å²) >= 11 is 0. The molecule has 0 spiro atoms. The predicted molar refractivity (Wildman–Crippen MR) is 81.3 cm³/mol. The van der Waals surface area contributed by atoms with Crippen LogP contribution in [0.1, 0.15) is 25.3 Å². The molecule has 5 nitrogen and oxygen atoms in total. The summed E-state index contributed by atoms with van der Waals surface area (Å²) in [6.07, 6.45) is 1.01. The first-order valence-electron chi connectivity index (χ1n) is 7.38. The number of carbonyl (C=O) groups excluding carboxylic acids is 1. The van der Waals surface area contributed by atoms with E-state index in [9.17, 15) is 4.79 Å². The van der Waals surface area contributed by atoms with Crippen molar-refractivity contribution in [1.29, 1.82) is 0 Å². The molecule has 0 aliphatic carbocycles. The Morgan fingerprint density at radius 1 is 1.38 bits per heavy atom. The number of nitrogens with two attached hydrogens (primary N) is 1. The van der Waals surface area contributed by atoms with Crippen molar-refractivity contribution in [3.8, 4) is 5.75 Å². The monoisotopic (exact) mass is 292 g/mol. The van der Waals surface area contributed by atoms with E-state index in [1.807, 2.05) is 38.1 Å². The van der Waals surface area contributed by atoms with Crippen LogP contribution in [-0.2, 0) is 9.53 Å². The zero-order valence-electron chi connectivity index (χ0n) is 12.7.